The smallest absolute Gasteiger partial charge is 0.114 e. The van der Waals surface area contributed by atoms with Crippen LogP contribution < -0.4 is 0 Å². The van der Waals surface area contributed by atoms with Crippen molar-refractivity contribution in [1.82, 2.24) is 15.1 Å². The summed E-state index contributed by atoms with van der Waals surface area (Å²) in [5.74, 6) is 0. The lowest BCUT2D eigenvalue weighted by Gasteiger charge is -2.34. The Bertz CT molecular complexity index is 351. The first kappa shape index (κ1) is 12.5. The summed E-state index contributed by atoms with van der Waals surface area (Å²) in [5.41, 5.74) is 1.91. The van der Waals surface area contributed by atoms with E-state index < -0.39 is 0 Å². The molecule has 2 N–H and O–H groups in total. The van der Waals surface area contributed by atoms with Crippen molar-refractivity contribution in [3.63, 3.8) is 0 Å². The van der Waals surface area contributed by atoms with Gasteiger partial charge in [-0.2, -0.15) is 5.10 Å². The normalized spacial score (nSPS) is 22.2. The molecule has 5 heteroatoms. The van der Waals surface area contributed by atoms with Crippen molar-refractivity contribution in [3.8, 4) is 0 Å². The molecule has 0 aromatic carbocycles. The summed E-state index contributed by atoms with van der Waals surface area (Å²) in [6, 6.07) is 2.53. The lowest BCUT2D eigenvalue weighted by Crippen LogP contribution is -2.42. The summed E-state index contributed by atoms with van der Waals surface area (Å²) in [5, 5.41) is 16.1. The first-order valence-corrected chi connectivity index (χ1v) is 6.21. The fraction of sp³-hybridized carbons (Fsp3) is 0.750. The topological polar surface area (TPSA) is 61.4 Å². The van der Waals surface area contributed by atoms with Gasteiger partial charge in [0.15, 0.2) is 0 Å². The third-order valence-corrected chi connectivity index (χ3v) is 3.19. The summed E-state index contributed by atoms with van der Waals surface area (Å²) in [6.45, 7) is 7.17. The van der Waals surface area contributed by atoms with E-state index in [4.69, 9.17) is 9.84 Å². The van der Waals surface area contributed by atoms with E-state index in [-0.39, 0.29) is 12.7 Å². The Labute approximate surface area is 102 Å². The zero-order chi connectivity index (χ0) is 12.3. The summed E-state index contributed by atoms with van der Waals surface area (Å²) in [7, 11) is 0. The standard InChI is InChI=1S/C12H21N3O2/c1-9(2)15-4-6-17-12(8-15)11-7-10(3-5-16)13-14-11/h7,9,12,16H,3-6,8H2,1-2H3,(H,13,14). The number of nitrogens with one attached hydrogen (secondary N) is 1. The molecule has 1 unspecified atom stereocenters. The van der Waals surface area contributed by atoms with Crippen molar-refractivity contribution in [2.45, 2.75) is 32.4 Å². The van der Waals surface area contributed by atoms with E-state index in [0.29, 0.717) is 12.5 Å². The largest absolute Gasteiger partial charge is 0.396 e. The van der Waals surface area contributed by atoms with Crippen LogP contribution in [-0.2, 0) is 11.2 Å². The number of hydrogen-bond acceptors (Lipinski definition) is 4. The first-order valence-electron chi connectivity index (χ1n) is 6.21. The highest BCUT2D eigenvalue weighted by molar-refractivity contribution is 5.12. The number of H-pyrrole nitrogens is 1. The molecule has 0 spiro atoms. The second-order valence-corrected chi connectivity index (χ2v) is 4.74. The van der Waals surface area contributed by atoms with Crippen molar-refractivity contribution in [1.29, 1.82) is 0 Å². The fourth-order valence-electron chi connectivity index (χ4n) is 2.11. The van der Waals surface area contributed by atoms with Gasteiger partial charge in [0.1, 0.15) is 6.10 Å². The molecule has 1 saturated heterocycles. The zero-order valence-corrected chi connectivity index (χ0v) is 10.5. The zero-order valence-electron chi connectivity index (χ0n) is 10.5. The number of rotatable bonds is 4. The lowest BCUT2D eigenvalue weighted by atomic mass is 10.1. The second-order valence-electron chi connectivity index (χ2n) is 4.74. The average Bonchev–Trinajstić information content (AvgIpc) is 2.78. The Morgan fingerprint density at radius 1 is 1.65 bits per heavy atom. The van der Waals surface area contributed by atoms with Crippen molar-refractivity contribution < 1.29 is 9.84 Å². The maximum Gasteiger partial charge on any atom is 0.114 e. The molecule has 0 aliphatic carbocycles. The highest BCUT2D eigenvalue weighted by Gasteiger charge is 2.25. The van der Waals surface area contributed by atoms with Crippen LogP contribution in [0, 0.1) is 0 Å². The predicted octanol–water partition coefficient (Wildman–Crippen LogP) is 0.726. The molecular formula is C12H21N3O2. The van der Waals surface area contributed by atoms with Crippen LogP contribution in [0.3, 0.4) is 0 Å². The Morgan fingerprint density at radius 2 is 2.47 bits per heavy atom. The van der Waals surface area contributed by atoms with Crippen molar-refractivity contribution in [2.75, 3.05) is 26.3 Å². The molecule has 1 fully saturated rings. The number of morpholine rings is 1. The maximum atomic E-state index is 8.87. The van der Waals surface area contributed by atoms with E-state index in [9.17, 15) is 0 Å². The number of aromatic amines is 1. The minimum Gasteiger partial charge on any atom is -0.396 e. The van der Waals surface area contributed by atoms with E-state index in [0.717, 1.165) is 31.1 Å². The van der Waals surface area contributed by atoms with Gasteiger partial charge in [0, 0.05) is 37.9 Å². The van der Waals surface area contributed by atoms with Crippen LogP contribution in [0.2, 0.25) is 0 Å². The molecular weight excluding hydrogens is 218 g/mol. The van der Waals surface area contributed by atoms with Gasteiger partial charge in [-0.1, -0.05) is 0 Å². The summed E-state index contributed by atoms with van der Waals surface area (Å²) < 4.78 is 5.75. The van der Waals surface area contributed by atoms with Crippen LogP contribution in [-0.4, -0.2) is 52.5 Å². The van der Waals surface area contributed by atoms with Crippen LogP contribution >= 0.6 is 0 Å². The van der Waals surface area contributed by atoms with E-state index in [1.165, 1.54) is 0 Å². The Balaban J connectivity index is 2.00. The van der Waals surface area contributed by atoms with Crippen LogP contribution in [0.4, 0.5) is 0 Å². The summed E-state index contributed by atoms with van der Waals surface area (Å²) >= 11 is 0. The molecule has 0 saturated carbocycles. The van der Waals surface area contributed by atoms with Gasteiger partial charge in [-0.3, -0.25) is 10.00 Å². The van der Waals surface area contributed by atoms with E-state index >= 15 is 0 Å². The average molecular weight is 239 g/mol. The Kier molecular flexibility index (Phi) is 4.15. The fourth-order valence-corrected chi connectivity index (χ4v) is 2.11. The van der Waals surface area contributed by atoms with Crippen LogP contribution in [0.5, 0.6) is 0 Å². The highest BCUT2D eigenvalue weighted by Crippen LogP contribution is 2.22. The van der Waals surface area contributed by atoms with Gasteiger partial charge in [-0.25, -0.2) is 0 Å². The lowest BCUT2D eigenvalue weighted by molar-refractivity contribution is -0.0421. The van der Waals surface area contributed by atoms with E-state index in [2.05, 4.69) is 28.9 Å². The van der Waals surface area contributed by atoms with Gasteiger partial charge in [-0.05, 0) is 19.9 Å². The molecule has 2 heterocycles. The van der Waals surface area contributed by atoms with E-state index in [1.54, 1.807) is 0 Å². The summed E-state index contributed by atoms with van der Waals surface area (Å²) in [4.78, 5) is 2.40. The monoisotopic (exact) mass is 239 g/mol. The maximum absolute atomic E-state index is 8.87. The minimum atomic E-state index is 0.0508. The molecule has 96 valence electrons. The molecule has 5 nitrogen and oxygen atoms in total. The number of aromatic nitrogens is 2. The SMILES string of the molecule is CC(C)N1CCOC(c2cc(CCO)[nH]n2)C1. The van der Waals surface area contributed by atoms with Crippen LogP contribution in [0.1, 0.15) is 31.3 Å². The molecule has 0 bridgehead atoms. The Morgan fingerprint density at radius 3 is 3.18 bits per heavy atom. The molecule has 1 aliphatic heterocycles. The van der Waals surface area contributed by atoms with Crippen molar-refractivity contribution in [2.24, 2.45) is 0 Å². The first-order chi connectivity index (χ1) is 8.20. The van der Waals surface area contributed by atoms with Crippen molar-refractivity contribution >= 4 is 0 Å². The third kappa shape index (κ3) is 3.06. The van der Waals surface area contributed by atoms with Gasteiger partial charge in [0.05, 0.1) is 12.3 Å². The molecule has 2 rings (SSSR count). The second kappa shape index (κ2) is 5.62. The molecule has 1 atom stereocenters. The highest BCUT2D eigenvalue weighted by atomic mass is 16.5. The van der Waals surface area contributed by atoms with E-state index in [1.807, 2.05) is 6.07 Å². The van der Waals surface area contributed by atoms with Crippen LogP contribution in [0.15, 0.2) is 6.07 Å². The number of aliphatic hydroxyl groups excluding tert-OH is 1. The number of aliphatic hydroxyl groups is 1. The van der Waals surface area contributed by atoms with Gasteiger partial charge in [0.2, 0.25) is 0 Å². The molecule has 1 aromatic heterocycles. The number of hydrogen-bond donors (Lipinski definition) is 2. The third-order valence-electron chi connectivity index (χ3n) is 3.19. The molecule has 0 amide bonds. The molecule has 17 heavy (non-hydrogen) atoms. The number of ether oxygens (including phenoxy) is 1. The van der Waals surface area contributed by atoms with Gasteiger partial charge < -0.3 is 9.84 Å². The minimum absolute atomic E-state index is 0.0508. The van der Waals surface area contributed by atoms with Crippen LogP contribution in [0.25, 0.3) is 0 Å². The van der Waals surface area contributed by atoms with Gasteiger partial charge in [0.25, 0.3) is 0 Å². The predicted molar refractivity (Wildman–Crippen MR) is 64.8 cm³/mol. The van der Waals surface area contributed by atoms with Gasteiger partial charge in [-0.15, -0.1) is 0 Å². The summed E-state index contributed by atoms with van der Waals surface area (Å²) in [6.07, 6.45) is 0.669. The number of nitrogens with zero attached hydrogens (tertiary/aromatic N) is 2. The Hall–Kier alpha value is -0.910. The molecule has 0 radical (unpaired) electrons. The quantitative estimate of drug-likeness (QED) is 0.813. The van der Waals surface area contributed by atoms with Crippen molar-refractivity contribution in [3.05, 3.63) is 17.5 Å². The molecule has 1 aromatic rings. The molecule has 1 aliphatic rings. The van der Waals surface area contributed by atoms with Gasteiger partial charge >= 0.3 is 0 Å².